The van der Waals surface area contributed by atoms with Gasteiger partial charge in [0.2, 0.25) is 0 Å². The fraction of sp³-hybridized carbons (Fsp3) is 0.0526. The lowest BCUT2D eigenvalue weighted by Gasteiger charge is -2.14. The molecular formula is C19H13ClFNO2S. The summed E-state index contributed by atoms with van der Waals surface area (Å²) in [5, 5.41) is -0.254. The van der Waals surface area contributed by atoms with Crippen molar-refractivity contribution in [1.82, 2.24) is 4.90 Å². The number of carbonyl (C=O) groups excluding carboxylic acids is 2. The molecule has 0 bridgehead atoms. The van der Waals surface area contributed by atoms with E-state index in [9.17, 15) is 14.0 Å². The largest absolute Gasteiger partial charge is 0.293 e. The number of hydrogen-bond acceptors (Lipinski definition) is 3. The Kier molecular flexibility index (Phi) is 5.36. The zero-order valence-corrected chi connectivity index (χ0v) is 14.6. The number of amides is 2. The smallest absolute Gasteiger partial charge is 0.268 e. The van der Waals surface area contributed by atoms with Crippen LogP contribution in [-0.2, 0) is 11.3 Å². The Bertz CT molecular complexity index is 860. The zero-order valence-electron chi connectivity index (χ0n) is 13.0. The van der Waals surface area contributed by atoms with Crippen LogP contribution in [0.2, 0.25) is 5.02 Å². The Morgan fingerprint density at radius 3 is 2.56 bits per heavy atom. The van der Waals surface area contributed by atoms with Crippen molar-refractivity contribution in [2.75, 3.05) is 0 Å². The van der Waals surface area contributed by atoms with E-state index in [0.29, 0.717) is 4.91 Å². The van der Waals surface area contributed by atoms with Crippen LogP contribution in [0.15, 0.2) is 65.6 Å². The Morgan fingerprint density at radius 1 is 1.08 bits per heavy atom. The van der Waals surface area contributed by atoms with Gasteiger partial charge in [-0.25, -0.2) is 4.39 Å². The Hall–Kier alpha value is -2.37. The van der Waals surface area contributed by atoms with Gasteiger partial charge in [0.15, 0.2) is 0 Å². The number of hydrogen-bond donors (Lipinski definition) is 0. The molecule has 3 nitrogen and oxygen atoms in total. The lowest BCUT2D eigenvalue weighted by Crippen LogP contribution is -2.28. The van der Waals surface area contributed by atoms with Crippen molar-refractivity contribution in [1.29, 1.82) is 0 Å². The van der Waals surface area contributed by atoms with Crippen molar-refractivity contribution < 1.29 is 14.0 Å². The first-order chi connectivity index (χ1) is 12.1. The van der Waals surface area contributed by atoms with Crippen molar-refractivity contribution in [3.05, 3.63) is 87.6 Å². The maximum absolute atomic E-state index is 13.9. The Balaban J connectivity index is 1.76. The number of nitrogens with zero attached hydrogens (tertiary/aromatic N) is 1. The van der Waals surface area contributed by atoms with Crippen LogP contribution in [0.5, 0.6) is 0 Å². The molecule has 2 amide bonds. The van der Waals surface area contributed by atoms with Crippen molar-refractivity contribution in [3.63, 3.8) is 0 Å². The van der Waals surface area contributed by atoms with E-state index in [1.807, 2.05) is 36.4 Å². The first-order valence-electron chi connectivity index (χ1n) is 7.46. The maximum atomic E-state index is 13.9. The Morgan fingerprint density at radius 2 is 1.84 bits per heavy atom. The molecule has 0 aliphatic carbocycles. The highest BCUT2D eigenvalue weighted by Crippen LogP contribution is 2.33. The van der Waals surface area contributed by atoms with Gasteiger partial charge in [-0.2, -0.15) is 0 Å². The predicted octanol–water partition coefficient (Wildman–Crippen LogP) is 5.27. The molecule has 1 aliphatic rings. The lowest BCUT2D eigenvalue weighted by molar-refractivity contribution is -0.123. The van der Waals surface area contributed by atoms with Gasteiger partial charge < -0.3 is 0 Å². The first-order valence-corrected chi connectivity index (χ1v) is 8.65. The van der Waals surface area contributed by atoms with Crippen molar-refractivity contribution in [3.8, 4) is 0 Å². The molecule has 1 aliphatic heterocycles. The molecule has 2 aromatic carbocycles. The molecule has 3 rings (SSSR count). The van der Waals surface area contributed by atoms with Crippen LogP contribution in [0.25, 0.3) is 6.08 Å². The zero-order chi connectivity index (χ0) is 17.8. The summed E-state index contributed by atoms with van der Waals surface area (Å²) in [4.78, 5) is 25.8. The SMILES string of the molecule is O=C1S/C(=C/C=C/c2ccccc2)C(=O)N1Cc1c(F)cccc1Cl. The Labute approximate surface area is 153 Å². The fourth-order valence-corrected chi connectivity index (χ4v) is 3.32. The molecule has 25 heavy (non-hydrogen) atoms. The minimum atomic E-state index is -0.542. The minimum absolute atomic E-state index is 0.132. The summed E-state index contributed by atoms with van der Waals surface area (Å²) in [5.41, 5.74) is 1.11. The second-order valence-corrected chi connectivity index (χ2v) is 6.66. The van der Waals surface area contributed by atoms with Crippen LogP contribution in [0.3, 0.4) is 0 Å². The molecule has 0 aromatic heterocycles. The minimum Gasteiger partial charge on any atom is -0.268 e. The molecule has 0 saturated carbocycles. The van der Waals surface area contributed by atoms with E-state index in [0.717, 1.165) is 22.2 Å². The summed E-state index contributed by atoms with van der Waals surface area (Å²) in [7, 11) is 0. The normalized spacial score (nSPS) is 16.4. The fourth-order valence-electron chi connectivity index (χ4n) is 2.30. The van der Waals surface area contributed by atoms with E-state index in [1.54, 1.807) is 12.2 Å². The van der Waals surface area contributed by atoms with Crippen LogP contribution < -0.4 is 0 Å². The summed E-state index contributed by atoms with van der Waals surface area (Å²) in [6.07, 6.45) is 5.13. The highest BCUT2D eigenvalue weighted by atomic mass is 35.5. The third-order valence-corrected chi connectivity index (χ3v) is 4.87. The lowest BCUT2D eigenvalue weighted by atomic mass is 10.2. The van der Waals surface area contributed by atoms with Gasteiger partial charge in [0.1, 0.15) is 5.82 Å². The van der Waals surface area contributed by atoms with E-state index < -0.39 is 17.0 Å². The van der Waals surface area contributed by atoms with E-state index >= 15 is 0 Å². The summed E-state index contributed by atoms with van der Waals surface area (Å²) in [5.74, 6) is -0.994. The summed E-state index contributed by atoms with van der Waals surface area (Å²) >= 11 is 6.80. The van der Waals surface area contributed by atoms with Gasteiger partial charge in [0.05, 0.1) is 11.4 Å². The summed E-state index contributed by atoms with van der Waals surface area (Å²) < 4.78 is 13.9. The number of rotatable bonds is 4. The third-order valence-electron chi connectivity index (χ3n) is 3.59. The van der Waals surface area contributed by atoms with Crippen LogP contribution in [0.4, 0.5) is 9.18 Å². The van der Waals surface area contributed by atoms with Gasteiger partial charge >= 0.3 is 0 Å². The molecular weight excluding hydrogens is 361 g/mol. The molecule has 126 valence electrons. The summed E-state index contributed by atoms with van der Waals surface area (Å²) in [6.45, 7) is -0.185. The van der Waals surface area contributed by atoms with E-state index in [2.05, 4.69) is 0 Å². The molecule has 2 aromatic rings. The number of carbonyl (C=O) groups is 2. The molecule has 0 unspecified atom stereocenters. The molecule has 0 atom stereocenters. The van der Waals surface area contributed by atoms with Gasteiger partial charge in [0.25, 0.3) is 11.1 Å². The average molecular weight is 374 g/mol. The topological polar surface area (TPSA) is 37.4 Å². The third kappa shape index (κ3) is 4.00. The molecule has 1 fully saturated rings. The van der Waals surface area contributed by atoms with Gasteiger partial charge in [-0.15, -0.1) is 0 Å². The molecule has 1 heterocycles. The van der Waals surface area contributed by atoms with Crippen LogP contribution in [0, 0.1) is 5.82 Å². The quantitative estimate of drug-likeness (QED) is 0.685. The van der Waals surface area contributed by atoms with Crippen molar-refractivity contribution >= 4 is 40.6 Å². The second-order valence-electron chi connectivity index (χ2n) is 5.26. The van der Waals surface area contributed by atoms with Crippen LogP contribution in [-0.4, -0.2) is 16.0 Å². The highest BCUT2D eigenvalue weighted by Gasteiger charge is 2.35. The first kappa shape index (κ1) is 17.5. The van der Waals surface area contributed by atoms with Crippen LogP contribution in [0.1, 0.15) is 11.1 Å². The van der Waals surface area contributed by atoms with Crippen molar-refractivity contribution in [2.24, 2.45) is 0 Å². The molecule has 0 spiro atoms. The van der Waals surface area contributed by atoms with Crippen molar-refractivity contribution in [2.45, 2.75) is 6.54 Å². The molecule has 0 radical (unpaired) electrons. The van der Waals surface area contributed by atoms with E-state index in [4.69, 9.17) is 11.6 Å². The number of imide groups is 1. The number of halogens is 2. The molecule has 1 saturated heterocycles. The molecule has 0 N–H and O–H groups in total. The number of allylic oxidation sites excluding steroid dienone is 2. The number of thioether (sulfide) groups is 1. The van der Waals surface area contributed by atoms with E-state index in [1.165, 1.54) is 18.2 Å². The van der Waals surface area contributed by atoms with Gasteiger partial charge in [0, 0.05) is 10.6 Å². The van der Waals surface area contributed by atoms with Gasteiger partial charge in [-0.1, -0.05) is 60.2 Å². The van der Waals surface area contributed by atoms with Gasteiger partial charge in [-0.3, -0.25) is 14.5 Å². The van der Waals surface area contributed by atoms with Crippen LogP contribution >= 0.6 is 23.4 Å². The molecule has 6 heteroatoms. The number of benzene rings is 2. The monoisotopic (exact) mass is 373 g/mol. The average Bonchev–Trinajstić information content (AvgIpc) is 2.86. The standard InChI is InChI=1S/C19H13ClFNO2S/c20-15-9-5-10-16(21)14(15)12-22-18(23)17(25-19(22)24)11-4-8-13-6-2-1-3-7-13/h1-11H,12H2/b8-4+,17-11+. The predicted molar refractivity (Wildman–Crippen MR) is 98.5 cm³/mol. The van der Waals surface area contributed by atoms with E-state index in [-0.39, 0.29) is 17.1 Å². The second kappa shape index (κ2) is 7.68. The summed E-state index contributed by atoms with van der Waals surface area (Å²) in [6, 6.07) is 13.8. The highest BCUT2D eigenvalue weighted by molar-refractivity contribution is 8.18. The van der Waals surface area contributed by atoms with Gasteiger partial charge in [-0.05, 0) is 35.5 Å². The maximum Gasteiger partial charge on any atom is 0.293 e.